The minimum absolute atomic E-state index is 0.0461. The van der Waals surface area contributed by atoms with Crippen molar-refractivity contribution in [1.82, 2.24) is 16.0 Å². The van der Waals surface area contributed by atoms with Crippen LogP contribution in [0.3, 0.4) is 0 Å². The standard InChI is InChI=1S/C16H29N3O4S2/c20-14(17-5-6-22-7-8-23-9-10-24)4-2-1-3-13-15-12(11-25-13)18-16(21)19-15/h12-13,15,24H,1-11H2,(H,17,20)(H2,18,19,21)/t12-,13-,15-/m0/s1. The molecule has 0 unspecified atom stereocenters. The minimum Gasteiger partial charge on any atom is -0.378 e. The third kappa shape index (κ3) is 7.64. The molecule has 0 bridgehead atoms. The fraction of sp³-hybridized carbons (Fsp3) is 0.875. The average Bonchev–Trinajstić information content (AvgIpc) is 3.13. The van der Waals surface area contributed by atoms with E-state index in [4.69, 9.17) is 9.47 Å². The molecule has 2 saturated heterocycles. The Bertz CT molecular complexity index is 428. The Hall–Kier alpha value is -0.640. The molecule has 9 heteroatoms. The summed E-state index contributed by atoms with van der Waals surface area (Å²) >= 11 is 5.96. The molecule has 0 radical (unpaired) electrons. The van der Waals surface area contributed by atoms with E-state index in [1.165, 1.54) is 0 Å². The zero-order valence-electron chi connectivity index (χ0n) is 14.5. The molecule has 7 nitrogen and oxygen atoms in total. The van der Waals surface area contributed by atoms with Crippen LogP contribution in [0, 0.1) is 0 Å². The van der Waals surface area contributed by atoms with Gasteiger partial charge < -0.3 is 25.4 Å². The molecule has 0 aliphatic carbocycles. The number of carbonyl (C=O) groups is 2. The molecule has 2 fully saturated rings. The number of rotatable bonds is 13. The molecule has 2 heterocycles. The van der Waals surface area contributed by atoms with Crippen LogP contribution in [0.4, 0.5) is 4.79 Å². The number of thiol groups is 1. The molecule has 2 rings (SSSR count). The molecule has 2 aliphatic heterocycles. The lowest BCUT2D eigenvalue weighted by Crippen LogP contribution is -2.36. The highest BCUT2D eigenvalue weighted by atomic mass is 32.2. The summed E-state index contributed by atoms with van der Waals surface area (Å²) in [6, 6.07) is 0.476. The zero-order valence-corrected chi connectivity index (χ0v) is 16.2. The average molecular weight is 392 g/mol. The molecular formula is C16H29N3O4S2. The Morgan fingerprint density at radius 1 is 1.20 bits per heavy atom. The summed E-state index contributed by atoms with van der Waals surface area (Å²) in [5, 5.41) is 9.27. The number of hydrogen-bond acceptors (Lipinski definition) is 6. The second kappa shape index (κ2) is 11.9. The van der Waals surface area contributed by atoms with Crippen LogP contribution in [0.15, 0.2) is 0 Å². The monoisotopic (exact) mass is 391 g/mol. The molecule has 3 atom stereocenters. The van der Waals surface area contributed by atoms with E-state index in [2.05, 4.69) is 28.6 Å². The molecule has 3 amide bonds. The highest BCUT2D eigenvalue weighted by Gasteiger charge is 2.42. The zero-order chi connectivity index (χ0) is 17.9. The first-order valence-corrected chi connectivity index (χ1v) is 10.6. The maximum Gasteiger partial charge on any atom is 0.315 e. The number of amides is 3. The van der Waals surface area contributed by atoms with Gasteiger partial charge in [-0.25, -0.2) is 4.79 Å². The molecule has 0 saturated carbocycles. The smallest absolute Gasteiger partial charge is 0.315 e. The Morgan fingerprint density at radius 2 is 2.00 bits per heavy atom. The predicted molar refractivity (Wildman–Crippen MR) is 102 cm³/mol. The maximum absolute atomic E-state index is 11.8. The third-order valence-electron chi connectivity index (χ3n) is 4.26. The van der Waals surface area contributed by atoms with Crippen molar-refractivity contribution in [2.75, 3.05) is 44.5 Å². The van der Waals surface area contributed by atoms with E-state index in [1.54, 1.807) is 0 Å². The van der Waals surface area contributed by atoms with Gasteiger partial charge in [-0.1, -0.05) is 6.42 Å². The van der Waals surface area contributed by atoms with Crippen molar-refractivity contribution >= 4 is 36.3 Å². The lowest BCUT2D eigenvalue weighted by Gasteiger charge is -2.16. The van der Waals surface area contributed by atoms with Crippen molar-refractivity contribution in [2.45, 2.75) is 43.0 Å². The number of hydrogen-bond donors (Lipinski definition) is 4. The van der Waals surface area contributed by atoms with Gasteiger partial charge in [-0.15, -0.1) is 0 Å². The van der Waals surface area contributed by atoms with E-state index >= 15 is 0 Å². The second-order valence-electron chi connectivity index (χ2n) is 6.17. The highest BCUT2D eigenvalue weighted by molar-refractivity contribution is 8.00. The molecule has 2 aliphatic rings. The van der Waals surface area contributed by atoms with Gasteiger partial charge in [0.25, 0.3) is 0 Å². The van der Waals surface area contributed by atoms with Gasteiger partial charge in [-0.05, 0) is 12.8 Å². The van der Waals surface area contributed by atoms with E-state index in [-0.39, 0.29) is 24.0 Å². The number of ether oxygens (including phenoxy) is 2. The number of nitrogens with one attached hydrogen (secondary N) is 3. The van der Waals surface area contributed by atoms with Crippen LogP contribution in [0.1, 0.15) is 25.7 Å². The van der Waals surface area contributed by atoms with Crippen molar-refractivity contribution in [3.05, 3.63) is 0 Å². The quantitative estimate of drug-likeness (QED) is 0.212. The molecule has 144 valence electrons. The van der Waals surface area contributed by atoms with Crippen molar-refractivity contribution in [3.63, 3.8) is 0 Å². The summed E-state index contributed by atoms with van der Waals surface area (Å²) in [5.41, 5.74) is 0. The van der Waals surface area contributed by atoms with Crippen molar-refractivity contribution < 1.29 is 19.1 Å². The van der Waals surface area contributed by atoms with Gasteiger partial charge in [0.15, 0.2) is 0 Å². The van der Waals surface area contributed by atoms with E-state index in [1.807, 2.05) is 11.8 Å². The van der Waals surface area contributed by atoms with Gasteiger partial charge in [0.2, 0.25) is 5.91 Å². The summed E-state index contributed by atoms with van der Waals surface area (Å²) in [4.78, 5) is 23.1. The Morgan fingerprint density at radius 3 is 2.80 bits per heavy atom. The van der Waals surface area contributed by atoms with E-state index in [0.717, 1.165) is 25.0 Å². The summed E-state index contributed by atoms with van der Waals surface area (Å²) in [7, 11) is 0. The van der Waals surface area contributed by atoms with Gasteiger partial charge in [-0.2, -0.15) is 24.4 Å². The fourth-order valence-corrected chi connectivity index (χ4v) is 4.68. The third-order valence-corrected chi connectivity index (χ3v) is 5.95. The van der Waals surface area contributed by atoms with Crippen LogP contribution in [-0.2, 0) is 14.3 Å². The molecule has 3 N–H and O–H groups in total. The van der Waals surface area contributed by atoms with Crippen LogP contribution in [0.25, 0.3) is 0 Å². The Balaban J connectivity index is 1.41. The van der Waals surface area contributed by atoms with Gasteiger partial charge in [0.05, 0.1) is 38.5 Å². The minimum atomic E-state index is -0.0461. The number of thioether (sulfide) groups is 1. The number of carbonyl (C=O) groups excluding carboxylic acids is 2. The molecular weight excluding hydrogens is 362 g/mol. The van der Waals surface area contributed by atoms with Gasteiger partial charge in [-0.3, -0.25) is 4.79 Å². The van der Waals surface area contributed by atoms with Gasteiger partial charge >= 0.3 is 6.03 Å². The van der Waals surface area contributed by atoms with E-state index < -0.39 is 0 Å². The van der Waals surface area contributed by atoms with Crippen molar-refractivity contribution in [2.24, 2.45) is 0 Å². The predicted octanol–water partition coefficient (Wildman–Crippen LogP) is 0.791. The SMILES string of the molecule is O=C(CCCC[C@@H]1SC[C@@H]2NC(=O)N[C@@H]21)NCCOCCOCCS. The molecule has 0 aromatic carbocycles. The molecule has 0 aromatic rings. The molecule has 25 heavy (non-hydrogen) atoms. The fourth-order valence-electron chi connectivity index (χ4n) is 3.01. The number of fused-ring (bicyclic) bond motifs is 1. The normalized spacial score (nSPS) is 24.7. The van der Waals surface area contributed by atoms with Crippen LogP contribution in [-0.4, -0.2) is 73.7 Å². The first-order valence-electron chi connectivity index (χ1n) is 8.92. The summed E-state index contributed by atoms with van der Waals surface area (Å²) in [6.45, 7) is 2.77. The molecule has 0 spiro atoms. The summed E-state index contributed by atoms with van der Waals surface area (Å²) in [5.74, 6) is 1.76. The van der Waals surface area contributed by atoms with Crippen LogP contribution in [0.5, 0.6) is 0 Å². The second-order valence-corrected chi connectivity index (χ2v) is 7.89. The first-order chi connectivity index (χ1) is 12.2. The van der Waals surface area contributed by atoms with Crippen LogP contribution >= 0.6 is 24.4 Å². The lowest BCUT2D eigenvalue weighted by atomic mass is 10.0. The first kappa shape index (κ1) is 20.7. The van der Waals surface area contributed by atoms with Crippen LogP contribution in [0.2, 0.25) is 0 Å². The number of unbranched alkanes of at least 4 members (excludes halogenated alkanes) is 1. The largest absolute Gasteiger partial charge is 0.378 e. The Labute approximate surface area is 159 Å². The van der Waals surface area contributed by atoms with Crippen molar-refractivity contribution in [3.8, 4) is 0 Å². The van der Waals surface area contributed by atoms with Gasteiger partial charge in [0.1, 0.15) is 0 Å². The highest BCUT2D eigenvalue weighted by Crippen LogP contribution is 2.33. The topological polar surface area (TPSA) is 88.7 Å². The molecule has 0 aromatic heterocycles. The van der Waals surface area contributed by atoms with E-state index in [0.29, 0.717) is 50.4 Å². The van der Waals surface area contributed by atoms with E-state index in [9.17, 15) is 9.59 Å². The maximum atomic E-state index is 11.8. The van der Waals surface area contributed by atoms with Crippen LogP contribution < -0.4 is 16.0 Å². The summed E-state index contributed by atoms with van der Waals surface area (Å²) < 4.78 is 10.6. The lowest BCUT2D eigenvalue weighted by molar-refractivity contribution is -0.121. The van der Waals surface area contributed by atoms with Crippen molar-refractivity contribution in [1.29, 1.82) is 0 Å². The number of urea groups is 1. The summed E-state index contributed by atoms with van der Waals surface area (Å²) in [6.07, 6.45) is 3.46. The van der Waals surface area contributed by atoms with Gasteiger partial charge in [0, 0.05) is 29.7 Å². The Kier molecular flexibility index (Phi) is 9.82.